The first kappa shape index (κ1) is 9.40. The van der Waals surface area contributed by atoms with Gasteiger partial charge in [-0.3, -0.25) is 0 Å². The standard InChI is InChI=1S/C10H16N4/c1-14-6-3-9(8-14)7-13-10-11-4-2-5-12-10/h2,4-5,9H,3,6-8H2,1H3,(H,11,12,13). The predicted octanol–water partition coefficient (Wildman–Crippen LogP) is 0.840. The van der Waals surface area contributed by atoms with E-state index in [2.05, 4.69) is 27.2 Å². The van der Waals surface area contributed by atoms with Crippen molar-refractivity contribution in [2.24, 2.45) is 5.92 Å². The molecule has 0 amide bonds. The molecule has 0 saturated carbocycles. The molecule has 0 spiro atoms. The Bertz CT molecular complexity index is 275. The Morgan fingerprint density at radius 1 is 1.50 bits per heavy atom. The lowest BCUT2D eigenvalue weighted by atomic mass is 10.1. The van der Waals surface area contributed by atoms with Gasteiger partial charge in [0.2, 0.25) is 5.95 Å². The number of nitrogens with one attached hydrogen (secondary N) is 1. The number of rotatable bonds is 3. The van der Waals surface area contributed by atoms with Crippen LogP contribution in [0, 0.1) is 5.92 Å². The fourth-order valence-electron chi connectivity index (χ4n) is 1.82. The van der Waals surface area contributed by atoms with Gasteiger partial charge in [0, 0.05) is 25.5 Å². The molecular weight excluding hydrogens is 176 g/mol. The van der Waals surface area contributed by atoms with E-state index in [-0.39, 0.29) is 0 Å². The summed E-state index contributed by atoms with van der Waals surface area (Å²) >= 11 is 0. The van der Waals surface area contributed by atoms with E-state index in [1.807, 2.05) is 6.07 Å². The summed E-state index contributed by atoms with van der Waals surface area (Å²) in [5.41, 5.74) is 0. The van der Waals surface area contributed by atoms with Crippen molar-refractivity contribution in [3.63, 3.8) is 0 Å². The summed E-state index contributed by atoms with van der Waals surface area (Å²) in [6.07, 6.45) is 4.79. The number of hydrogen-bond acceptors (Lipinski definition) is 4. The first-order valence-electron chi connectivity index (χ1n) is 5.04. The SMILES string of the molecule is CN1CCC(CNc2ncccn2)C1. The quantitative estimate of drug-likeness (QED) is 0.770. The number of anilines is 1. The minimum atomic E-state index is 0.738. The minimum absolute atomic E-state index is 0.738. The second-order valence-electron chi connectivity index (χ2n) is 3.87. The molecule has 4 nitrogen and oxygen atoms in total. The third kappa shape index (κ3) is 2.42. The maximum Gasteiger partial charge on any atom is 0.222 e. The average Bonchev–Trinajstić information content (AvgIpc) is 2.63. The van der Waals surface area contributed by atoms with E-state index in [9.17, 15) is 0 Å². The first-order chi connectivity index (χ1) is 6.84. The molecule has 1 aliphatic heterocycles. The molecule has 1 unspecified atom stereocenters. The van der Waals surface area contributed by atoms with Gasteiger partial charge in [-0.2, -0.15) is 0 Å². The third-order valence-corrected chi connectivity index (χ3v) is 2.60. The van der Waals surface area contributed by atoms with E-state index in [4.69, 9.17) is 0 Å². The summed E-state index contributed by atoms with van der Waals surface area (Å²) in [7, 11) is 2.17. The number of hydrogen-bond donors (Lipinski definition) is 1. The molecular formula is C10H16N4. The Kier molecular flexibility index (Phi) is 2.93. The molecule has 2 rings (SSSR count). The largest absolute Gasteiger partial charge is 0.354 e. The number of nitrogens with zero attached hydrogens (tertiary/aromatic N) is 3. The first-order valence-corrected chi connectivity index (χ1v) is 5.04. The second kappa shape index (κ2) is 4.37. The predicted molar refractivity (Wildman–Crippen MR) is 56.1 cm³/mol. The zero-order chi connectivity index (χ0) is 9.80. The average molecular weight is 192 g/mol. The molecule has 1 N–H and O–H groups in total. The molecule has 14 heavy (non-hydrogen) atoms. The Morgan fingerprint density at radius 2 is 2.29 bits per heavy atom. The molecule has 2 heterocycles. The van der Waals surface area contributed by atoms with E-state index in [1.54, 1.807) is 12.4 Å². The Hall–Kier alpha value is -1.16. The Morgan fingerprint density at radius 3 is 2.93 bits per heavy atom. The summed E-state index contributed by atoms with van der Waals surface area (Å²) in [5.74, 6) is 1.48. The fraction of sp³-hybridized carbons (Fsp3) is 0.600. The van der Waals surface area contributed by atoms with Crippen LogP contribution in [0.3, 0.4) is 0 Å². The summed E-state index contributed by atoms with van der Waals surface area (Å²) < 4.78 is 0. The van der Waals surface area contributed by atoms with Crippen molar-refractivity contribution in [3.8, 4) is 0 Å². The molecule has 1 aliphatic rings. The van der Waals surface area contributed by atoms with Crippen molar-refractivity contribution in [2.75, 3.05) is 32.0 Å². The minimum Gasteiger partial charge on any atom is -0.354 e. The van der Waals surface area contributed by atoms with Gasteiger partial charge in [0.25, 0.3) is 0 Å². The molecule has 1 saturated heterocycles. The second-order valence-corrected chi connectivity index (χ2v) is 3.87. The van der Waals surface area contributed by atoms with Crippen LogP contribution in [-0.4, -0.2) is 41.5 Å². The lowest BCUT2D eigenvalue weighted by Gasteiger charge is -2.10. The van der Waals surface area contributed by atoms with Crippen LogP contribution in [0.2, 0.25) is 0 Å². The van der Waals surface area contributed by atoms with Crippen molar-refractivity contribution < 1.29 is 0 Å². The van der Waals surface area contributed by atoms with Gasteiger partial charge in [0.1, 0.15) is 0 Å². The molecule has 1 atom stereocenters. The van der Waals surface area contributed by atoms with Gasteiger partial charge < -0.3 is 10.2 Å². The zero-order valence-electron chi connectivity index (χ0n) is 8.48. The van der Waals surface area contributed by atoms with Crippen LogP contribution in [-0.2, 0) is 0 Å². The number of likely N-dealkylation sites (tertiary alicyclic amines) is 1. The van der Waals surface area contributed by atoms with Gasteiger partial charge >= 0.3 is 0 Å². The van der Waals surface area contributed by atoms with Crippen molar-refractivity contribution in [2.45, 2.75) is 6.42 Å². The van der Waals surface area contributed by atoms with Gasteiger partial charge in [-0.1, -0.05) is 0 Å². The van der Waals surface area contributed by atoms with Crippen molar-refractivity contribution in [3.05, 3.63) is 18.5 Å². The summed E-state index contributed by atoms with van der Waals surface area (Å²) in [5, 5.41) is 3.26. The monoisotopic (exact) mass is 192 g/mol. The van der Waals surface area contributed by atoms with Crippen LogP contribution in [0.25, 0.3) is 0 Å². The van der Waals surface area contributed by atoms with E-state index in [0.29, 0.717) is 0 Å². The van der Waals surface area contributed by atoms with Crippen LogP contribution in [0.15, 0.2) is 18.5 Å². The van der Waals surface area contributed by atoms with E-state index >= 15 is 0 Å². The lowest BCUT2D eigenvalue weighted by molar-refractivity contribution is 0.399. The molecule has 0 bridgehead atoms. The van der Waals surface area contributed by atoms with Crippen molar-refractivity contribution >= 4 is 5.95 Å². The van der Waals surface area contributed by atoms with E-state index in [0.717, 1.165) is 18.4 Å². The van der Waals surface area contributed by atoms with Crippen LogP contribution in [0.1, 0.15) is 6.42 Å². The molecule has 0 aliphatic carbocycles. The van der Waals surface area contributed by atoms with E-state index < -0.39 is 0 Å². The summed E-state index contributed by atoms with van der Waals surface area (Å²) in [4.78, 5) is 10.6. The zero-order valence-corrected chi connectivity index (χ0v) is 8.48. The fourth-order valence-corrected chi connectivity index (χ4v) is 1.82. The highest BCUT2D eigenvalue weighted by Gasteiger charge is 2.18. The van der Waals surface area contributed by atoms with Crippen molar-refractivity contribution in [1.82, 2.24) is 14.9 Å². The Labute approximate surface area is 84.4 Å². The highest BCUT2D eigenvalue weighted by atomic mass is 15.1. The molecule has 0 aromatic carbocycles. The van der Waals surface area contributed by atoms with E-state index in [1.165, 1.54) is 19.5 Å². The lowest BCUT2D eigenvalue weighted by Crippen LogP contribution is -2.19. The third-order valence-electron chi connectivity index (χ3n) is 2.60. The van der Waals surface area contributed by atoms with Crippen LogP contribution in [0.5, 0.6) is 0 Å². The highest BCUT2D eigenvalue weighted by Crippen LogP contribution is 2.14. The highest BCUT2D eigenvalue weighted by molar-refractivity contribution is 5.22. The van der Waals surface area contributed by atoms with Gasteiger partial charge in [0.15, 0.2) is 0 Å². The summed E-state index contributed by atoms with van der Waals surface area (Å²) in [6.45, 7) is 3.37. The maximum atomic E-state index is 4.12. The maximum absolute atomic E-state index is 4.12. The smallest absolute Gasteiger partial charge is 0.222 e. The summed E-state index contributed by atoms with van der Waals surface area (Å²) in [6, 6.07) is 1.83. The van der Waals surface area contributed by atoms with Crippen LogP contribution in [0.4, 0.5) is 5.95 Å². The van der Waals surface area contributed by atoms with Gasteiger partial charge in [-0.05, 0) is 32.0 Å². The van der Waals surface area contributed by atoms with Gasteiger partial charge in [-0.15, -0.1) is 0 Å². The molecule has 0 radical (unpaired) electrons. The molecule has 1 fully saturated rings. The van der Waals surface area contributed by atoms with Crippen molar-refractivity contribution in [1.29, 1.82) is 0 Å². The number of aromatic nitrogens is 2. The van der Waals surface area contributed by atoms with Crippen LogP contribution < -0.4 is 5.32 Å². The van der Waals surface area contributed by atoms with Gasteiger partial charge in [-0.25, -0.2) is 9.97 Å². The normalized spacial score (nSPS) is 22.5. The molecule has 1 aromatic rings. The van der Waals surface area contributed by atoms with Gasteiger partial charge in [0.05, 0.1) is 0 Å². The molecule has 1 aromatic heterocycles. The van der Waals surface area contributed by atoms with Crippen LogP contribution >= 0.6 is 0 Å². The Balaban J connectivity index is 1.78. The molecule has 76 valence electrons. The molecule has 4 heteroatoms. The topological polar surface area (TPSA) is 41.0 Å².